The summed E-state index contributed by atoms with van der Waals surface area (Å²) in [6, 6.07) is 36.7. The van der Waals surface area contributed by atoms with Gasteiger partial charge in [0.1, 0.15) is 0 Å². The van der Waals surface area contributed by atoms with Gasteiger partial charge >= 0.3 is 0 Å². The van der Waals surface area contributed by atoms with Crippen LogP contribution in [0.2, 0.25) is 0 Å². The van der Waals surface area contributed by atoms with Gasteiger partial charge < -0.3 is 0 Å². The fourth-order valence-corrected chi connectivity index (χ4v) is 11.0. The van der Waals surface area contributed by atoms with E-state index in [1.165, 1.54) is 81.5 Å². The van der Waals surface area contributed by atoms with Crippen LogP contribution in [0.25, 0.3) is 0 Å². The fourth-order valence-electron chi connectivity index (χ4n) is 4.99. The number of hydrogen-bond donors (Lipinski definition) is 0. The zero-order valence-corrected chi connectivity index (χ0v) is 24.2. The summed E-state index contributed by atoms with van der Waals surface area (Å²) in [5, 5.41) is 0. The third-order valence-corrected chi connectivity index (χ3v) is 12.0. The maximum Gasteiger partial charge on any atom is -0.00699 e. The predicted octanol–water partition coefficient (Wildman–Crippen LogP) is 9.98. The molecule has 0 aromatic heterocycles. The molecule has 0 N–H and O–H groups in total. The Hall–Kier alpha value is -2.26. The molecule has 0 aliphatic carbocycles. The van der Waals surface area contributed by atoms with Crippen LogP contribution in [0.5, 0.6) is 0 Å². The maximum absolute atomic E-state index is 2.40. The van der Waals surface area contributed by atoms with Crippen molar-refractivity contribution in [2.24, 2.45) is 0 Å². The van der Waals surface area contributed by atoms with Crippen LogP contribution in [0.15, 0.2) is 97.1 Å². The molecule has 0 bridgehead atoms. The second kappa shape index (κ2) is 13.3. The highest BCUT2D eigenvalue weighted by Crippen LogP contribution is 2.50. The van der Waals surface area contributed by atoms with Crippen LogP contribution >= 0.6 is 15.8 Å². The van der Waals surface area contributed by atoms with Crippen molar-refractivity contribution in [3.63, 3.8) is 0 Å². The van der Waals surface area contributed by atoms with Gasteiger partial charge in [-0.2, -0.15) is 0 Å². The van der Waals surface area contributed by atoms with Crippen molar-refractivity contribution in [3.8, 4) is 0 Å². The average molecular weight is 511 g/mol. The standard InChI is InChI=1S/C34H40P2/c1-27-9-5-13-31(19-27)23-35(24-32-14-6-10-28(2)20-32)17-18-36(25-33-15-7-11-29(3)21-33)26-34-16-8-12-30(4)22-34/h5-16,19-22H,17-18,23-26H2,1-4H3. The van der Waals surface area contributed by atoms with Crippen molar-refractivity contribution in [1.82, 2.24) is 0 Å². The molecule has 0 radical (unpaired) electrons. The molecule has 4 rings (SSSR count). The molecule has 0 saturated heterocycles. The number of benzene rings is 4. The summed E-state index contributed by atoms with van der Waals surface area (Å²) < 4.78 is 0. The minimum atomic E-state index is -0.116. The Morgan fingerprint density at radius 2 is 0.639 bits per heavy atom. The van der Waals surface area contributed by atoms with E-state index in [9.17, 15) is 0 Å². The molecule has 0 nitrogen and oxygen atoms in total. The van der Waals surface area contributed by atoms with Gasteiger partial charge in [-0.15, -0.1) is 0 Å². The van der Waals surface area contributed by atoms with E-state index in [0.717, 1.165) is 0 Å². The van der Waals surface area contributed by atoms with Gasteiger partial charge in [0, 0.05) is 0 Å². The summed E-state index contributed by atoms with van der Waals surface area (Å²) in [6.07, 6.45) is 7.60. The Balaban J connectivity index is 1.53. The van der Waals surface area contributed by atoms with Crippen LogP contribution in [-0.4, -0.2) is 12.3 Å². The SMILES string of the molecule is Cc1cccc(CP(CCP(Cc2cccc(C)c2)Cc2cccc(C)c2)Cc2cccc(C)c2)c1. The first-order valence-electron chi connectivity index (χ1n) is 13.1. The van der Waals surface area contributed by atoms with Gasteiger partial charge in [-0.05, 0) is 86.9 Å². The first-order valence-corrected chi connectivity index (χ1v) is 16.9. The van der Waals surface area contributed by atoms with Crippen molar-refractivity contribution in [1.29, 1.82) is 0 Å². The number of rotatable bonds is 11. The fraction of sp³-hybridized carbons (Fsp3) is 0.294. The van der Waals surface area contributed by atoms with Gasteiger partial charge in [0.05, 0.1) is 0 Å². The first-order chi connectivity index (χ1) is 17.4. The summed E-state index contributed by atoms with van der Waals surface area (Å²) in [6.45, 7) is 8.87. The van der Waals surface area contributed by atoms with E-state index in [0.29, 0.717) is 0 Å². The van der Waals surface area contributed by atoms with Crippen molar-refractivity contribution in [3.05, 3.63) is 142 Å². The Morgan fingerprint density at radius 3 is 0.861 bits per heavy atom. The van der Waals surface area contributed by atoms with Crippen LogP contribution in [-0.2, 0) is 24.6 Å². The summed E-state index contributed by atoms with van der Waals surface area (Å²) >= 11 is 0. The second-order valence-electron chi connectivity index (χ2n) is 10.4. The zero-order valence-electron chi connectivity index (χ0n) is 22.4. The highest BCUT2D eigenvalue weighted by Gasteiger charge is 2.16. The predicted molar refractivity (Wildman–Crippen MR) is 163 cm³/mol. The minimum absolute atomic E-state index is 0.116. The van der Waals surface area contributed by atoms with E-state index in [2.05, 4.69) is 125 Å². The molecule has 4 aromatic rings. The molecular weight excluding hydrogens is 470 g/mol. The van der Waals surface area contributed by atoms with Crippen LogP contribution in [0.3, 0.4) is 0 Å². The van der Waals surface area contributed by atoms with Crippen molar-refractivity contribution in [2.75, 3.05) is 12.3 Å². The van der Waals surface area contributed by atoms with Crippen LogP contribution in [0, 0.1) is 27.7 Å². The molecule has 0 amide bonds. The van der Waals surface area contributed by atoms with Crippen LogP contribution in [0.4, 0.5) is 0 Å². The highest BCUT2D eigenvalue weighted by molar-refractivity contribution is 7.60. The molecule has 0 heterocycles. The van der Waals surface area contributed by atoms with E-state index in [4.69, 9.17) is 0 Å². The third-order valence-electron chi connectivity index (χ3n) is 6.69. The van der Waals surface area contributed by atoms with Crippen molar-refractivity contribution >= 4 is 15.8 Å². The minimum Gasteiger partial charge on any atom is -0.0974 e. The smallest absolute Gasteiger partial charge is 0.00699 e. The molecule has 186 valence electrons. The van der Waals surface area contributed by atoms with Crippen LogP contribution in [0.1, 0.15) is 44.5 Å². The van der Waals surface area contributed by atoms with Crippen molar-refractivity contribution in [2.45, 2.75) is 52.3 Å². The lowest BCUT2D eigenvalue weighted by Crippen LogP contribution is -2.01. The summed E-state index contributed by atoms with van der Waals surface area (Å²) in [7, 11) is -0.232. The highest BCUT2D eigenvalue weighted by atomic mass is 31.1. The molecule has 0 aliphatic rings. The lowest BCUT2D eigenvalue weighted by molar-refractivity contribution is 1.24. The molecule has 0 fully saturated rings. The quantitative estimate of drug-likeness (QED) is 0.176. The van der Waals surface area contributed by atoms with E-state index in [1.54, 1.807) is 0 Å². The Morgan fingerprint density at radius 1 is 0.389 bits per heavy atom. The van der Waals surface area contributed by atoms with Gasteiger partial charge in [-0.1, -0.05) is 135 Å². The van der Waals surface area contributed by atoms with Gasteiger partial charge in [-0.25, -0.2) is 0 Å². The lowest BCUT2D eigenvalue weighted by atomic mass is 10.2. The molecular formula is C34H40P2. The zero-order chi connectivity index (χ0) is 25.3. The Kier molecular flexibility index (Phi) is 9.92. The van der Waals surface area contributed by atoms with Crippen molar-refractivity contribution < 1.29 is 0 Å². The van der Waals surface area contributed by atoms with Gasteiger partial charge in [0.15, 0.2) is 0 Å². The van der Waals surface area contributed by atoms with Gasteiger partial charge in [0.25, 0.3) is 0 Å². The molecule has 0 spiro atoms. The molecule has 36 heavy (non-hydrogen) atoms. The molecule has 0 unspecified atom stereocenters. The normalized spacial score (nSPS) is 11.4. The molecule has 0 saturated carbocycles. The van der Waals surface area contributed by atoms with Gasteiger partial charge in [-0.3, -0.25) is 0 Å². The second-order valence-corrected chi connectivity index (χ2v) is 15.2. The maximum atomic E-state index is 2.40. The summed E-state index contributed by atoms with van der Waals surface area (Å²) in [5.74, 6) is 0. The Labute approximate surface area is 221 Å². The molecule has 4 aromatic carbocycles. The monoisotopic (exact) mass is 510 g/mol. The molecule has 0 atom stereocenters. The number of hydrogen-bond acceptors (Lipinski definition) is 0. The summed E-state index contributed by atoms with van der Waals surface area (Å²) in [4.78, 5) is 0. The lowest BCUT2D eigenvalue weighted by Gasteiger charge is -2.24. The van der Waals surface area contributed by atoms with E-state index >= 15 is 0 Å². The van der Waals surface area contributed by atoms with E-state index in [1.807, 2.05) is 0 Å². The van der Waals surface area contributed by atoms with Gasteiger partial charge in [0.2, 0.25) is 0 Å². The topological polar surface area (TPSA) is 0 Å². The van der Waals surface area contributed by atoms with E-state index < -0.39 is 0 Å². The summed E-state index contributed by atoms with van der Waals surface area (Å²) in [5.41, 5.74) is 11.5. The Bertz CT molecular complexity index is 1070. The average Bonchev–Trinajstić information content (AvgIpc) is 2.82. The van der Waals surface area contributed by atoms with Crippen LogP contribution < -0.4 is 0 Å². The molecule has 2 heteroatoms. The van der Waals surface area contributed by atoms with E-state index in [-0.39, 0.29) is 15.8 Å². The number of aryl methyl sites for hydroxylation is 4. The molecule has 0 aliphatic heterocycles. The first kappa shape index (κ1) is 26.8. The largest absolute Gasteiger partial charge is 0.0974 e. The third kappa shape index (κ3) is 8.69.